The Labute approximate surface area is 192 Å². The fourth-order valence-corrected chi connectivity index (χ4v) is 5.16. The van der Waals surface area contributed by atoms with Crippen molar-refractivity contribution in [1.82, 2.24) is 9.97 Å². The monoisotopic (exact) mass is 426 g/mol. The maximum atomic E-state index is 6.43. The molecule has 0 spiro atoms. The molecular weight excluding hydrogens is 407 g/mol. The number of benzene rings is 2. The summed E-state index contributed by atoms with van der Waals surface area (Å²) in [5, 5.41) is 0. The number of hydrogen-bond acceptors (Lipinski definition) is 4. The zero-order valence-electron chi connectivity index (χ0n) is 17.9. The fraction of sp³-hybridized carbons (Fsp3) is 0.0714. The van der Waals surface area contributed by atoms with Crippen LogP contribution >= 0.6 is 0 Å². The van der Waals surface area contributed by atoms with Gasteiger partial charge in [0.15, 0.2) is 0 Å². The van der Waals surface area contributed by atoms with E-state index in [1.165, 1.54) is 16.6 Å². The highest BCUT2D eigenvalue weighted by molar-refractivity contribution is 6.94. The summed E-state index contributed by atoms with van der Waals surface area (Å²) in [5.74, 6) is 3.71. The summed E-state index contributed by atoms with van der Waals surface area (Å²) in [4.78, 5) is 8.64. The average Bonchev–Trinajstić information content (AvgIpc) is 2.89. The van der Waals surface area contributed by atoms with E-state index in [4.69, 9.17) is 9.47 Å². The van der Waals surface area contributed by atoms with E-state index in [9.17, 15) is 0 Å². The first kappa shape index (κ1) is 18.5. The number of fused-ring (bicyclic) bond motifs is 3. The van der Waals surface area contributed by atoms with E-state index in [1.54, 1.807) is 6.20 Å². The number of ether oxygens (including phenoxy) is 2. The van der Waals surface area contributed by atoms with Gasteiger partial charge in [-0.25, -0.2) is 0 Å². The van der Waals surface area contributed by atoms with Crippen LogP contribution < -0.4 is 20.4 Å². The van der Waals surface area contributed by atoms with Gasteiger partial charge in [0, 0.05) is 36.7 Å². The highest BCUT2D eigenvalue weighted by Gasteiger charge is 2.41. The summed E-state index contributed by atoms with van der Waals surface area (Å²) in [6.07, 6.45) is 11.6. The number of hydrogen-bond donors (Lipinski definition) is 0. The van der Waals surface area contributed by atoms with Crippen molar-refractivity contribution in [2.45, 2.75) is 12.8 Å². The highest BCUT2D eigenvalue weighted by Crippen LogP contribution is 2.40. The smallest absolute Gasteiger partial charge is 0.260 e. The summed E-state index contributed by atoms with van der Waals surface area (Å²) < 4.78 is 12.8. The molecule has 7 rings (SSSR count). The van der Waals surface area contributed by atoms with Crippen molar-refractivity contribution < 1.29 is 9.47 Å². The van der Waals surface area contributed by atoms with Crippen molar-refractivity contribution >= 4 is 23.2 Å². The van der Waals surface area contributed by atoms with Gasteiger partial charge in [0.2, 0.25) is 0 Å². The number of nitrogens with zero attached hydrogens (tertiary/aromatic N) is 2. The lowest BCUT2D eigenvalue weighted by Gasteiger charge is -2.35. The van der Waals surface area contributed by atoms with Crippen molar-refractivity contribution in [2.75, 3.05) is 0 Å². The fourth-order valence-electron chi connectivity index (χ4n) is 5.16. The zero-order chi connectivity index (χ0) is 21.8. The molecule has 2 aromatic carbocycles. The molecule has 4 aromatic rings. The second-order valence-electron chi connectivity index (χ2n) is 8.59. The van der Waals surface area contributed by atoms with Gasteiger partial charge in [-0.1, -0.05) is 36.4 Å². The largest absolute Gasteiger partial charge is 0.463 e. The molecule has 0 bridgehead atoms. The third kappa shape index (κ3) is 2.93. The van der Waals surface area contributed by atoms with Gasteiger partial charge < -0.3 is 9.47 Å². The Morgan fingerprint density at radius 1 is 0.697 bits per heavy atom. The minimum atomic E-state index is 0.0623. The second-order valence-corrected chi connectivity index (χ2v) is 8.59. The molecule has 5 heteroatoms. The van der Waals surface area contributed by atoms with Gasteiger partial charge in [0.1, 0.15) is 17.2 Å². The third-order valence-corrected chi connectivity index (χ3v) is 6.70. The zero-order valence-corrected chi connectivity index (χ0v) is 17.9. The Bertz CT molecular complexity index is 1460. The molecule has 3 aliphatic rings. The van der Waals surface area contributed by atoms with E-state index in [0.29, 0.717) is 0 Å². The molecule has 0 amide bonds. The summed E-state index contributed by atoms with van der Waals surface area (Å²) in [7, 11) is 0. The molecule has 4 heterocycles. The topological polar surface area (TPSA) is 44.2 Å². The molecule has 0 radical (unpaired) electrons. The Morgan fingerprint density at radius 3 is 2.27 bits per heavy atom. The lowest BCUT2D eigenvalue weighted by molar-refractivity contribution is 0.397. The third-order valence-electron chi connectivity index (χ3n) is 6.70. The van der Waals surface area contributed by atoms with Crippen LogP contribution in [-0.2, 0) is 0 Å². The Balaban J connectivity index is 1.43. The lowest BCUT2D eigenvalue weighted by Crippen LogP contribution is -2.51. The van der Waals surface area contributed by atoms with Crippen LogP contribution in [0.5, 0.6) is 17.2 Å². The van der Waals surface area contributed by atoms with Crippen LogP contribution in [0.25, 0.3) is 16.7 Å². The molecule has 0 saturated heterocycles. The summed E-state index contributed by atoms with van der Waals surface area (Å²) in [6, 6.07) is 20.7. The van der Waals surface area contributed by atoms with E-state index >= 15 is 0 Å². The number of aromatic nitrogens is 2. The predicted molar refractivity (Wildman–Crippen MR) is 130 cm³/mol. The van der Waals surface area contributed by atoms with Gasteiger partial charge in [0.05, 0.1) is 5.76 Å². The van der Waals surface area contributed by atoms with Crippen molar-refractivity contribution in [3.8, 4) is 28.4 Å². The van der Waals surface area contributed by atoms with Gasteiger partial charge in [-0.3, -0.25) is 9.97 Å². The lowest BCUT2D eigenvalue weighted by atomic mass is 9.33. The van der Waals surface area contributed by atoms with E-state index in [1.807, 2.05) is 42.9 Å². The Hall–Kier alpha value is -4.12. The van der Waals surface area contributed by atoms with Crippen LogP contribution in [-0.4, -0.2) is 16.7 Å². The van der Waals surface area contributed by atoms with Crippen LogP contribution in [0.2, 0.25) is 0 Å². The minimum Gasteiger partial charge on any atom is -0.463 e. The molecule has 2 aromatic heterocycles. The Morgan fingerprint density at radius 2 is 1.48 bits per heavy atom. The average molecular weight is 426 g/mol. The molecule has 4 nitrogen and oxygen atoms in total. The van der Waals surface area contributed by atoms with E-state index in [-0.39, 0.29) is 6.71 Å². The molecule has 33 heavy (non-hydrogen) atoms. The SMILES string of the molecule is C1=C(c2cccnc2)CCC2=C1B1c3cc(-c4cccnc4)ccc3Oc3cccc(c31)O2. The van der Waals surface area contributed by atoms with Gasteiger partial charge in [-0.2, -0.15) is 0 Å². The maximum Gasteiger partial charge on any atom is 0.260 e. The first-order chi connectivity index (χ1) is 16.3. The van der Waals surface area contributed by atoms with Gasteiger partial charge in [0.25, 0.3) is 6.71 Å². The predicted octanol–water partition coefficient (Wildman–Crippen LogP) is 4.92. The number of rotatable bonds is 2. The van der Waals surface area contributed by atoms with Gasteiger partial charge in [-0.05, 0) is 70.0 Å². The first-order valence-corrected chi connectivity index (χ1v) is 11.2. The van der Waals surface area contributed by atoms with Crippen molar-refractivity contribution in [3.05, 3.63) is 108 Å². The van der Waals surface area contributed by atoms with Gasteiger partial charge >= 0.3 is 0 Å². The molecule has 156 valence electrons. The van der Waals surface area contributed by atoms with E-state index in [2.05, 4.69) is 52.4 Å². The first-order valence-electron chi connectivity index (χ1n) is 11.2. The maximum absolute atomic E-state index is 6.43. The summed E-state index contributed by atoms with van der Waals surface area (Å²) in [6.45, 7) is 0.0623. The highest BCUT2D eigenvalue weighted by atomic mass is 16.5. The number of allylic oxidation sites excluding steroid dienone is 4. The van der Waals surface area contributed by atoms with Crippen LogP contribution in [0.4, 0.5) is 0 Å². The molecule has 0 fully saturated rings. The summed E-state index contributed by atoms with van der Waals surface area (Å²) in [5.41, 5.74) is 8.17. The quantitative estimate of drug-likeness (QED) is 0.427. The molecule has 1 aliphatic carbocycles. The normalized spacial score (nSPS) is 15.5. The van der Waals surface area contributed by atoms with E-state index < -0.39 is 0 Å². The van der Waals surface area contributed by atoms with Crippen molar-refractivity contribution in [1.29, 1.82) is 0 Å². The van der Waals surface area contributed by atoms with Crippen molar-refractivity contribution in [3.63, 3.8) is 0 Å². The van der Waals surface area contributed by atoms with Gasteiger partial charge in [-0.15, -0.1) is 0 Å². The molecule has 0 N–H and O–H groups in total. The van der Waals surface area contributed by atoms with Crippen LogP contribution in [0, 0.1) is 0 Å². The molecule has 2 aliphatic heterocycles. The molecule has 0 unspecified atom stereocenters. The minimum absolute atomic E-state index is 0.0623. The van der Waals surface area contributed by atoms with Crippen LogP contribution in [0.15, 0.2) is 103 Å². The molecule has 0 atom stereocenters. The molecular formula is C28H19BN2O2. The summed E-state index contributed by atoms with van der Waals surface area (Å²) >= 11 is 0. The van der Waals surface area contributed by atoms with Crippen molar-refractivity contribution in [2.24, 2.45) is 0 Å². The van der Waals surface area contributed by atoms with E-state index in [0.717, 1.165) is 57.9 Å². The molecule has 0 saturated carbocycles. The second kappa shape index (κ2) is 7.21. The number of pyridine rings is 2. The standard InChI is InChI=1S/C28H19BN2O2/c1-6-26-28-27(7-1)33-25-11-9-19(21-5-3-13-31-17-21)15-23(25)29(28)22-14-18(8-10-24(22)32-26)20-4-2-12-30-16-20/h1-8,10,12-17H,9,11H2. The van der Waals surface area contributed by atoms with Crippen LogP contribution in [0.1, 0.15) is 18.4 Å². The Kier molecular flexibility index (Phi) is 4.03. The van der Waals surface area contributed by atoms with Crippen LogP contribution in [0.3, 0.4) is 0 Å².